The highest BCUT2D eigenvalue weighted by molar-refractivity contribution is 7.56. The molecule has 0 fully saturated rings. The molecule has 30 heavy (non-hydrogen) atoms. The van der Waals surface area contributed by atoms with E-state index in [9.17, 15) is 5.11 Å². The lowest BCUT2D eigenvalue weighted by atomic mass is 10.1. The van der Waals surface area contributed by atoms with Gasteiger partial charge in [-0.15, -0.1) is 0 Å². The highest BCUT2D eigenvalue weighted by atomic mass is 31.1. The van der Waals surface area contributed by atoms with Gasteiger partial charge in [-0.2, -0.15) is 0 Å². The number of aromatic hydroxyl groups is 1. The summed E-state index contributed by atoms with van der Waals surface area (Å²) in [6.07, 6.45) is 0. The quantitative estimate of drug-likeness (QED) is 0.404. The third kappa shape index (κ3) is 4.90. The topological polar surface area (TPSA) is 23.5 Å². The van der Waals surface area contributed by atoms with Crippen molar-refractivity contribution in [3.63, 3.8) is 0 Å². The molecule has 0 amide bonds. The fraction of sp³-hybridized carbons (Fsp3) is 0.111. The molecule has 1 atom stereocenters. The van der Waals surface area contributed by atoms with Crippen LogP contribution in [0.25, 0.3) is 0 Å². The van der Waals surface area contributed by atoms with Gasteiger partial charge in [-0.25, -0.2) is 0 Å². The zero-order chi connectivity index (χ0) is 20.8. The Morgan fingerprint density at radius 2 is 1.23 bits per heavy atom. The van der Waals surface area contributed by atoms with Crippen LogP contribution in [-0.2, 0) is 13.1 Å². The van der Waals surface area contributed by atoms with E-state index in [4.69, 9.17) is 0 Å². The minimum absolute atomic E-state index is 0.364. The molecule has 1 N–H and O–H groups in total. The molecule has 1 unspecified atom stereocenters. The van der Waals surface area contributed by atoms with Gasteiger partial charge >= 0.3 is 0 Å². The number of hydrogen-bond acceptors (Lipinski definition) is 2. The van der Waals surface area contributed by atoms with Gasteiger partial charge in [-0.1, -0.05) is 99.6 Å². The van der Waals surface area contributed by atoms with Crippen LogP contribution in [0.4, 0.5) is 5.69 Å². The molecule has 0 aliphatic heterocycles. The molecule has 0 radical (unpaired) electrons. The Hall–Kier alpha value is -3.09. The first-order valence-electron chi connectivity index (χ1n) is 10.2. The Balaban J connectivity index is 1.74. The first-order valence-corrected chi connectivity index (χ1v) is 11.2. The molecule has 0 heterocycles. The average Bonchev–Trinajstić information content (AvgIpc) is 2.77. The van der Waals surface area contributed by atoms with E-state index in [-0.39, 0.29) is 0 Å². The summed E-state index contributed by atoms with van der Waals surface area (Å²) < 4.78 is 0. The summed E-state index contributed by atoms with van der Waals surface area (Å²) in [6, 6.07) is 35.4. The molecule has 0 saturated carbocycles. The lowest BCUT2D eigenvalue weighted by Crippen LogP contribution is -2.27. The summed E-state index contributed by atoms with van der Waals surface area (Å²) in [5.74, 6) is 0.364. The molecule has 4 aromatic rings. The van der Waals surface area contributed by atoms with Crippen LogP contribution in [0.15, 0.2) is 103 Å². The van der Waals surface area contributed by atoms with E-state index < -0.39 is 0 Å². The van der Waals surface area contributed by atoms with Crippen LogP contribution in [0.3, 0.4) is 0 Å². The van der Waals surface area contributed by atoms with E-state index >= 15 is 0 Å². The van der Waals surface area contributed by atoms with Crippen molar-refractivity contribution in [1.82, 2.24) is 0 Å². The SMILES string of the molecule is Cc1cccc(N(Cc2ccccc2)Cc2ccccc2)c1Pc1ccccc1O. The number of rotatable bonds is 7. The summed E-state index contributed by atoms with van der Waals surface area (Å²) in [4.78, 5) is 2.44. The molecule has 4 rings (SSSR count). The Morgan fingerprint density at radius 1 is 0.667 bits per heavy atom. The molecule has 150 valence electrons. The van der Waals surface area contributed by atoms with Gasteiger partial charge in [0, 0.05) is 29.4 Å². The van der Waals surface area contributed by atoms with Crippen LogP contribution in [0.5, 0.6) is 5.75 Å². The molecule has 0 bridgehead atoms. The predicted octanol–water partition coefficient (Wildman–Crippen LogP) is 5.54. The van der Waals surface area contributed by atoms with Crippen molar-refractivity contribution in [1.29, 1.82) is 0 Å². The summed E-state index contributed by atoms with van der Waals surface area (Å²) >= 11 is 0. The van der Waals surface area contributed by atoms with Gasteiger partial charge in [0.05, 0.1) is 0 Å². The average molecular weight is 411 g/mol. The van der Waals surface area contributed by atoms with E-state index in [1.165, 1.54) is 27.7 Å². The highest BCUT2D eigenvalue weighted by Gasteiger charge is 2.16. The van der Waals surface area contributed by atoms with Gasteiger partial charge in [0.15, 0.2) is 0 Å². The second kappa shape index (κ2) is 9.61. The zero-order valence-electron chi connectivity index (χ0n) is 17.1. The Morgan fingerprint density at radius 3 is 1.83 bits per heavy atom. The van der Waals surface area contributed by atoms with Crippen LogP contribution in [0.2, 0.25) is 0 Å². The van der Waals surface area contributed by atoms with Crippen molar-refractivity contribution in [2.45, 2.75) is 20.0 Å². The predicted molar refractivity (Wildman–Crippen MR) is 130 cm³/mol. The number of nitrogens with zero attached hydrogens (tertiary/aromatic N) is 1. The van der Waals surface area contributed by atoms with E-state index in [2.05, 4.69) is 90.7 Å². The zero-order valence-corrected chi connectivity index (χ0v) is 18.1. The third-order valence-corrected chi connectivity index (χ3v) is 6.78. The standard InChI is InChI=1S/C27H26NOP/c1-21-11-10-16-24(27(21)30-26-18-9-8-17-25(26)29)28(19-22-12-4-2-5-13-22)20-23-14-6-3-7-15-23/h2-18,29-30H,19-20H2,1H3. The monoisotopic (exact) mass is 411 g/mol. The molecule has 0 saturated heterocycles. The summed E-state index contributed by atoms with van der Waals surface area (Å²) in [5, 5.41) is 12.6. The van der Waals surface area contributed by atoms with Gasteiger partial charge < -0.3 is 10.0 Å². The molecule has 0 spiro atoms. The molecule has 4 aromatic carbocycles. The van der Waals surface area contributed by atoms with Crippen LogP contribution in [-0.4, -0.2) is 5.11 Å². The first kappa shape index (κ1) is 20.2. The number of benzene rings is 4. The third-order valence-electron chi connectivity index (χ3n) is 5.19. The van der Waals surface area contributed by atoms with Gasteiger partial charge in [-0.05, 0) is 35.7 Å². The van der Waals surface area contributed by atoms with E-state index in [0.29, 0.717) is 14.3 Å². The number of phenolic OH excluding ortho intramolecular Hbond substituents is 1. The maximum atomic E-state index is 10.4. The van der Waals surface area contributed by atoms with Gasteiger partial charge in [0.2, 0.25) is 0 Å². The largest absolute Gasteiger partial charge is 0.507 e. The van der Waals surface area contributed by atoms with Crippen molar-refractivity contribution < 1.29 is 5.11 Å². The lowest BCUT2D eigenvalue weighted by Gasteiger charge is -2.28. The van der Waals surface area contributed by atoms with E-state index in [0.717, 1.165) is 18.4 Å². The fourth-order valence-electron chi connectivity index (χ4n) is 3.63. The Kier molecular flexibility index (Phi) is 6.47. The molecule has 3 heteroatoms. The molecule has 0 aromatic heterocycles. The van der Waals surface area contributed by atoms with Crippen LogP contribution >= 0.6 is 8.58 Å². The Labute approximate surface area is 180 Å². The molecule has 2 nitrogen and oxygen atoms in total. The maximum absolute atomic E-state index is 10.4. The molecular formula is C27H26NOP. The van der Waals surface area contributed by atoms with Gasteiger partial charge in [0.1, 0.15) is 5.75 Å². The minimum atomic E-state index is 0.364. The van der Waals surface area contributed by atoms with Crippen molar-refractivity contribution in [2.75, 3.05) is 4.90 Å². The number of phenols is 1. The maximum Gasteiger partial charge on any atom is 0.123 e. The second-order valence-electron chi connectivity index (χ2n) is 7.44. The molecular weight excluding hydrogens is 385 g/mol. The summed E-state index contributed by atoms with van der Waals surface area (Å²) in [5.41, 5.74) is 5.04. The lowest BCUT2D eigenvalue weighted by molar-refractivity contribution is 0.480. The minimum Gasteiger partial charge on any atom is -0.507 e. The second-order valence-corrected chi connectivity index (χ2v) is 8.73. The summed E-state index contributed by atoms with van der Waals surface area (Å²) in [7, 11) is 0.396. The van der Waals surface area contributed by atoms with Gasteiger partial charge in [0.25, 0.3) is 0 Å². The fourth-order valence-corrected chi connectivity index (χ4v) is 4.94. The normalized spacial score (nSPS) is 11.1. The highest BCUT2D eigenvalue weighted by Crippen LogP contribution is 2.28. The van der Waals surface area contributed by atoms with Crippen LogP contribution in [0, 0.1) is 6.92 Å². The first-order chi connectivity index (χ1) is 14.7. The van der Waals surface area contributed by atoms with Crippen molar-refractivity contribution in [3.05, 3.63) is 120 Å². The van der Waals surface area contributed by atoms with E-state index in [1.807, 2.05) is 18.2 Å². The summed E-state index contributed by atoms with van der Waals surface area (Å²) in [6.45, 7) is 3.82. The van der Waals surface area contributed by atoms with Gasteiger partial charge in [-0.3, -0.25) is 0 Å². The smallest absolute Gasteiger partial charge is 0.123 e. The number of aryl methyl sites for hydroxylation is 1. The molecule has 0 aliphatic carbocycles. The van der Waals surface area contributed by atoms with Crippen LogP contribution in [0.1, 0.15) is 16.7 Å². The number of anilines is 1. The number of hydrogen-bond donors (Lipinski definition) is 1. The van der Waals surface area contributed by atoms with Crippen molar-refractivity contribution >= 4 is 24.9 Å². The van der Waals surface area contributed by atoms with Crippen molar-refractivity contribution in [2.24, 2.45) is 0 Å². The number of para-hydroxylation sites is 1. The van der Waals surface area contributed by atoms with Crippen LogP contribution < -0.4 is 15.5 Å². The molecule has 0 aliphatic rings. The van der Waals surface area contributed by atoms with Crippen molar-refractivity contribution in [3.8, 4) is 5.75 Å². The Bertz CT molecular complexity index is 1050. The van der Waals surface area contributed by atoms with E-state index in [1.54, 1.807) is 6.07 Å².